The Morgan fingerprint density at radius 1 is 0.537 bits per heavy atom. The van der Waals surface area contributed by atoms with Crippen LogP contribution >= 0.6 is 0 Å². The van der Waals surface area contributed by atoms with Crippen LogP contribution in [0.5, 0.6) is 0 Å². The zero-order valence-corrected chi connectivity index (χ0v) is 25.1. The summed E-state index contributed by atoms with van der Waals surface area (Å²) in [5.74, 6) is 0. The third-order valence-corrected chi connectivity index (χ3v) is 7.62. The molecule has 0 saturated heterocycles. The van der Waals surface area contributed by atoms with Gasteiger partial charge in [0.2, 0.25) is 0 Å². The van der Waals surface area contributed by atoms with Gasteiger partial charge in [0.05, 0.1) is 79.3 Å². The predicted molar refractivity (Wildman–Crippen MR) is 158 cm³/mol. The lowest BCUT2D eigenvalue weighted by atomic mass is 10.2. The Balaban J connectivity index is 2.48. The molecule has 0 bridgehead atoms. The minimum atomic E-state index is -0.0112. The second-order valence-electron chi connectivity index (χ2n) is 10.5. The summed E-state index contributed by atoms with van der Waals surface area (Å²) in [7, 11) is 0. The van der Waals surface area contributed by atoms with Gasteiger partial charge >= 0.3 is 0 Å². The van der Waals surface area contributed by atoms with E-state index in [1.807, 2.05) is 6.07 Å². The number of hydrogen-bond acceptors (Lipinski definition) is 10. The average molecular weight is 592 g/mol. The van der Waals surface area contributed by atoms with Crippen LogP contribution in [0.4, 0.5) is 5.69 Å². The van der Waals surface area contributed by atoms with Crippen molar-refractivity contribution in [2.45, 2.75) is 6.92 Å². The van der Waals surface area contributed by atoms with E-state index in [-0.39, 0.29) is 39.6 Å². The van der Waals surface area contributed by atoms with Crippen LogP contribution in [0.3, 0.4) is 0 Å². The fraction of sp³-hybridized carbons (Fsp3) is 0.793. The highest BCUT2D eigenvalue weighted by Gasteiger charge is 2.26. The summed E-state index contributed by atoms with van der Waals surface area (Å²) in [6.07, 6.45) is 0. The van der Waals surface area contributed by atoms with E-state index in [9.17, 15) is 30.6 Å². The largest absolute Gasteiger partial charge is 0.391 e. The number of hydrogen-bond donors (Lipinski definition) is 6. The third kappa shape index (κ3) is 15.6. The van der Waals surface area contributed by atoms with Crippen molar-refractivity contribution in [1.82, 2.24) is 0 Å². The second kappa shape index (κ2) is 23.1. The topological polar surface area (TPSA) is 152 Å². The molecule has 1 aromatic rings. The first-order chi connectivity index (χ1) is 19.9. The third-order valence-electron chi connectivity index (χ3n) is 7.62. The summed E-state index contributed by atoms with van der Waals surface area (Å²) in [4.78, 5) is 2.22. The van der Waals surface area contributed by atoms with Gasteiger partial charge in [-0.15, -0.1) is 0 Å². The lowest BCUT2D eigenvalue weighted by Gasteiger charge is -2.37. The van der Waals surface area contributed by atoms with E-state index in [4.69, 9.17) is 14.2 Å². The first-order valence-electron chi connectivity index (χ1n) is 14.8. The van der Waals surface area contributed by atoms with Gasteiger partial charge in [0.1, 0.15) is 52.4 Å². The number of anilines is 1. The van der Waals surface area contributed by atoms with Crippen LogP contribution in [-0.4, -0.2) is 184 Å². The van der Waals surface area contributed by atoms with Crippen molar-refractivity contribution in [3.63, 3.8) is 0 Å². The van der Waals surface area contributed by atoms with Crippen molar-refractivity contribution in [3.8, 4) is 0 Å². The van der Waals surface area contributed by atoms with Gasteiger partial charge in [-0.05, 0) is 24.6 Å². The minimum absolute atomic E-state index is 0.0106. The SMILES string of the molecule is Cc1cccc(N(CCOCCOCC[N+](CCO)(CCO)CCO)CCOCC[N+](CCO)(CCO)CCO)c1. The zero-order chi connectivity index (χ0) is 30.2. The van der Waals surface area contributed by atoms with Crippen LogP contribution in [0.1, 0.15) is 5.56 Å². The van der Waals surface area contributed by atoms with Crippen LogP contribution in [0.15, 0.2) is 24.3 Å². The van der Waals surface area contributed by atoms with E-state index in [1.54, 1.807) is 0 Å². The monoisotopic (exact) mass is 591 g/mol. The smallest absolute Gasteiger partial charge is 0.103 e. The molecular formula is C29H57N3O9+2. The molecule has 0 atom stereocenters. The van der Waals surface area contributed by atoms with Crippen molar-refractivity contribution >= 4 is 5.69 Å². The van der Waals surface area contributed by atoms with Crippen molar-refractivity contribution in [1.29, 1.82) is 0 Å². The molecule has 240 valence electrons. The number of quaternary nitrogens is 2. The van der Waals surface area contributed by atoms with Crippen molar-refractivity contribution in [3.05, 3.63) is 29.8 Å². The maximum Gasteiger partial charge on any atom is 0.103 e. The molecule has 0 aliphatic rings. The van der Waals surface area contributed by atoms with E-state index in [1.165, 1.54) is 5.56 Å². The maximum absolute atomic E-state index is 9.46. The average Bonchev–Trinajstić information content (AvgIpc) is 2.94. The quantitative estimate of drug-likeness (QED) is 0.0499. The van der Waals surface area contributed by atoms with E-state index in [0.717, 1.165) is 5.69 Å². The van der Waals surface area contributed by atoms with Gasteiger partial charge in [0, 0.05) is 18.8 Å². The van der Waals surface area contributed by atoms with Crippen LogP contribution in [0, 0.1) is 6.92 Å². The Bertz CT molecular complexity index is 726. The Morgan fingerprint density at radius 3 is 1.32 bits per heavy atom. The van der Waals surface area contributed by atoms with Gasteiger partial charge in [-0.2, -0.15) is 0 Å². The summed E-state index contributed by atoms with van der Waals surface area (Å²) in [5, 5.41) is 56.6. The molecular weight excluding hydrogens is 534 g/mol. The van der Waals surface area contributed by atoms with E-state index < -0.39 is 0 Å². The minimum Gasteiger partial charge on any atom is -0.391 e. The number of ether oxygens (including phenoxy) is 3. The molecule has 6 N–H and O–H groups in total. The van der Waals surface area contributed by atoms with E-state index >= 15 is 0 Å². The lowest BCUT2D eigenvalue weighted by molar-refractivity contribution is -0.929. The standard InChI is InChI=1S/C29H57N3O9/c1-28-3-2-4-29(27-28)30(5-21-39-23-13-31(7-15-33,8-16-34)9-17-35)6-22-40-25-26-41-24-14-32(10-18-36,11-19-37)12-20-38/h2-4,27,33-38H,5-26H2,1H3/q+2. The van der Waals surface area contributed by atoms with Gasteiger partial charge in [0.25, 0.3) is 0 Å². The normalized spacial score (nSPS) is 12.3. The number of aryl methyl sites for hydroxylation is 1. The Kier molecular flexibility index (Phi) is 21.2. The summed E-state index contributed by atoms with van der Waals surface area (Å²) in [5.41, 5.74) is 2.25. The molecule has 0 saturated carbocycles. The highest BCUT2D eigenvalue weighted by molar-refractivity contribution is 5.48. The molecule has 0 spiro atoms. The van der Waals surface area contributed by atoms with Crippen molar-refractivity contribution in [2.75, 3.05) is 150 Å². The molecule has 12 nitrogen and oxygen atoms in total. The molecule has 0 heterocycles. The van der Waals surface area contributed by atoms with Gasteiger partial charge in [-0.1, -0.05) is 12.1 Å². The van der Waals surface area contributed by atoms with Gasteiger partial charge in [-0.25, -0.2) is 0 Å². The fourth-order valence-corrected chi connectivity index (χ4v) is 5.10. The Labute approximate surface area is 246 Å². The van der Waals surface area contributed by atoms with Crippen LogP contribution < -0.4 is 4.90 Å². The molecule has 0 fully saturated rings. The Hall–Kier alpha value is -1.42. The van der Waals surface area contributed by atoms with E-state index in [0.29, 0.717) is 114 Å². The van der Waals surface area contributed by atoms with E-state index in [2.05, 4.69) is 30.0 Å². The molecule has 41 heavy (non-hydrogen) atoms. The molecule has 0 unspecified atom stereocenters. The first-order valence-corrected chi connectivity index (χ1v) is 14.8. The summed E-state index contributed by atoms with van der Waals surface area (Å²) >= 11 is 0. The molecule has 1 aromatic carbocycles. The highest BCUT2D eigenvalue weighted by Crippen LogP contribution is 2.16. The number of benzene rings is 1. The van der Waals surface area contributed by atoms with Crippen LogP contribution in [0.25, 0.3) is 0 Å². The van der Waals surface area contributed by atoms with Crippen LogP contribution in [0.2, 0.25) is 0 Å². The first kappa shape index (κ1) is 37.6. The molecule has 0 amide bonds. The lowest BCUT2D eigenvalue weighted by Crippen LogP contribution is -2.55. The van der Waals surface area contributed by atoms with Crippen molar-refractivity contribution in [2.24, 2.45) is 0 Å². The molecule has 1 rings (SSSR count). The predicted octanol–water partition coefficient (Wildman–Crippen LogP) is -1.56. The summed E-state index contributed by atoms with van der Waals surface area (Å²) < 4.78 is 18.4. The van der Waals surface area contributed by atoms with Crippen LogP contribution in [-0.2, 0) is 14.2 Å². The fourth-order valence-electron chi connectivity index (χ4n) is 5.10. The zero-order valence-electron chi connectivity index (χ0n) is 25.1. The molecule has 0 aromatic heterocycles. The number of nitrogens with zero attached hydrogens (tertiary/aromatic N) is 3. The Morgan fingerprint density at radius 2 is 0.927 bits per heavy atom. The maximum atomic E-state index is 9.46. The van der Waals surface area contributed by atoms with Gasteiger partial charge in [-0.3, -0.25) is 0 Å². The summed E-state index contributed by atoms with van der Waals surface area (Å²) in [6, 6.07) is 8.28. The highest BCUT2D eigenvalue weighted by atomic mass is 16.5. The number of aliphatic hydroxyl groups excluding tert-OH is 6. The number of aliphatic hydroxyl groups is 6. The second-order valence-corrected chi connectivity index (χ2v) is 10.5. The van der Waals surface area contributed by atoms with Gasteiger partial charge in [0.15, 0.2) is 0 Å². The van der Waals surface area contributed by atoms with Gasteiger partial charge < -0.3 is 58.7 Å². The molecule has 0 aliphatic heterocycles. The molecule has 0 radical (unpaired) electrons. The molecule has 12 heteroatoms. The number of rotatable bonds is 28. The summed E-state index contributed by atoms with van der Waals surface area (Å²) in [6.45, 7) is 10.1. The van der Waals surface area contributed by atoms with Crippen molar-refractivity contribution < 1.29 is 53.8 Å². The molecule has 0 aliphatic carbocycles.